The van der Waals surface area contributed by atoms with Crippen LogP contribution < -0.4 is 4.74 Å². The predicted octanol–water partition coefficient (Wildman–Crippen LogP) is 1.84. The molecule has 2 heterocycles. The van der Waals surface area contributed by atoms with E-state index in [0.29, 0.717) is 18.0 Å². The molecule has 0 bridgehead atoms. The maximum atomic E-state index is 11.5. The Bertz CT molecular complexity index is 850. The molecule has 2 aromatic rings. The molecular formula is C15H24N2O8P2. The molecule has 0 unspecified atom stereocenters. The van der Waals surface area contributed by atoms with E-state index in [1.165, 1.54) is 16.8 Å². The van der Waals surface area contributed by atoms with Crippen LogP contribution in [0.2, 0.25) is 0 Å². The summed E-state index contributed by atoms with van der Waals surface area (Å²) in [5.41, 5.74) is 0.392. The van der Waals surface area contributed by atoms with Crippen molar-refractivity contribution in [2.75, 3.05) is 6.61 Å². The number of nitrogens with zero attached hydrogens (tertiary/aromatic N) is 2. The minimum atomic E-state index is -5.54. The second-order valence-corrected chi connectivity index (χ2v) is 10.3. The van der Waals surface area contributed by atoms with Gasteiger partial charge in [0.15, 0.2) is 0 Å². The summed E-state index contributed by atoms with van der Waals surface area (Å²) in [6, 6.07) is 3.20. The lowest BCUT2D eigenvalue weighted by atomic mass is 10.2. The minimum absolute atomic E-state index is 0.0358. The van der Waals surface area contributed by atoms with Crippen LogP contribution in [-0.4, -0.2) is 45.8 Å². The largest absolute Gasteiger partial charge is 0.493 e. The molecule has 0 spiro atoms. The summed E-state index contributed by atoms with van der Waals surface area (Å²) in [6.07, 6.45) is 5.95. The molecule has 0 amide bonds. The normalized spacial score (nSPS) is 13.3. The van der Waals surface area contributed by atoms with Crippen molar-refractivity contribution in [1.29, 1.82) is 0 Å². The number of rotatable bonds is 10. The average molecular weight is 422 g/mol. The van der Waals surface area contributed by atoms with Crippen molar-refractivity contribution in [2.24, 2.45) is 0 Å². The molecule has 0 aliphatic rings. The molecule has 0 atom stereocenters. The first-order chi connectivity index (χ1) is 12.5. The van der Waals surface area contributed by atoms with Gasteiger partial charge in [-0.25, -0.2) is 4.98 Å². The third kappa shape index (κ3) is 4.97. The van der Waals surface area contributed by atoms with Gasteiger partial charge < -0.3 is 33.8 Å². The van der Waals surface area contributed by atoms with E-state index in [1.807, 2.05) is 0 Å². The molecule has 2 rings (SSSR count). The molecule has 152 valence electrons. The van der Waals surface area contributed by atoms with Gasteiger partial charge >= 0.3 is 15.2 Å². The fourth-order valence-corrected chi connectivity index (χ4v) is 4.67. The van der Waals surface area contributed by atoms with Gasteiger partial charge in [0, 0.05) is 30.6 Å². The molecule has 0 aliphatic heterocycles. The summed E-state index contributed by atoms with van der Waals surface area (Å²) in [7, 11) is -11.1. The van der Waals surface area contributed by atoms with Gasteiger partial charge in [-0.05, 0) is 12.5 Å². The van der Waals surface area contributed by atoms with Crippen LogP contribution in [0.25, 0.3) is 5.65 Å². The predicted molar refractivity (Wildman–Crippen MR) is 97.6 cm³/mol. The van der Waals surface area contributed by atoms with Crippen LogP contribution in [0.4, 0.5) is 0 Å². The van der Waals surface area contributed by atoms with Crippen molar-refractivity contribution in [1.82, 2.24) is 9.38 Å². The molecule has 0 saturated carbocycles. The standard InChI is InChI=1S/C15H24N2O8P2/c1-2-3-4-5-8-25-13-6-7-17-12(11-16-14(17)9-13)10-15(18,26(19,20)21)27(22,23)24/h6-7,9,11,18H,2-5,8,10H2,1H3,(H2,19,20,21)(H2,22,23,24). The molecule has 12 heteroatoms. The van der Waals surface area contributed by atoms with Gasteiger partial charge in [-0.2, -0.15) is 0 Å². The summed E-state index contributed by atoms with van der Waals surface area (Å²) in [5, 5.41) is 6.54. The number of aliphatic hydroxyl groups is 1. The third-order valence-corrected chi connectivity index (χ3v) is 7.92. The smallest absolute Gasteiger partial charge is 0.369 e. The number of aromatic nitrogens is 2. The zero-order valence-corrected chi connectivity index (χ0v) is 16.6. The van der Waals surface area contributed by atoms with Crippen LogP contribution in [0.3, 0.4) is 0 Å². The Morgan fingerprint density at radius 1 is 1.15 bits per heavy atom. The minimum Gasteiger partial charge on any atom is -0.493 e. The molecule has 10 nitrogen and oxygen atoms in total. The molecule has 5 N–H and O–H groups in total. The summed E-state index contributed by atoms with van der Waals surface area (Å²) < 4.78 is 30.0. The lowest BCUT2D eigenvalue weighted by Crippen LogP contribution is -2.31. The molecule has 0 saturated heterocycles. The van der Waals surface area contributed by atoms with Crippen molar-refractivity contribution in [3.63, 3.8) is 0 Å². The van der Waals surface area contributed by atoms with Gasteiger partial charge in [-0.15, -0.1) is 0 Å². The monoisotopic (exact) mass is 422 g/mol. The Hall–Kier alpha value is -1.25. The molecule has 0 fully saturated rings. The number of pyridine rings is 1. The Morgan fingerprint density at radius 2 is 1.81 bits per heavy atom. The highest BCUT2D eigenvalue weighted by atomic mass is 31.2. The van der Waals surface area contributed by atoms with Crippen LogP contribution in [0.15, 0.2) is 24.5 Å². The van der Waals surface area contributed by atoms with Crippen LogP contribution in [-0.2, 0) is 15.6 Å². The van der Waals surface area contributed by atoms with Crippen LogP contribution in [0.5, 0.6) is 5.75 Å². The zero-order chi connectivity index (χ0) is 20.3. The van der Waals surface area contributed by atoms with Crippen molar-refractivity contribution >= 4 is 20.8 Å². The third-order valence-electron chi connectivity index (χ3n) is 4.18. The molecule has 0 aliphatic carbocycles. The van der Waals surface area contributed by atoms with E-state index in [-0.39, 0.29) is 5.69 Å². The highest BCUT2D eigenvalue weighted by Crippen LogP contribution is 2.68. The van der Waals surface area contributed by atoms with E-state index < -0.39 is 26.7 Å². The average Bonchev–Trinajstić information content (AvgIpc) is 2.94. The Morgan fingerprint density at radius 3 is 2.41 bits per heavy atom. The first-order valence-corrected chi connectivity index (χ1v) is 11.6. The number of ether oxygens (including phenoxy) is 1. The maximum absolute atomic E-state index is 11.5. The van der Waals surface area contributed by atoms with E-state index in [2.05, 4.69) is 11.9 Å². The summed E-state index contributed by atoms with van der Waals surface area (Å²) in [4.78, 5) is 41.1. The van der Waals surface area contributed by atoms with Crippen molar-refractivity contribution in [2.45, 2.75) is 44.1 Å². The van der Waals surface area contributed by atoms with Crippen molar-refractivity contribution in [3.05, 3.63) is 30.2 Å². The van der Waals surface area contributed by atoms with E-state index >= 15 is 0 Å². The van der Waals surface area contributed by atoms with E-state index in [1.54, 1.807) is 12.1 Å². The molecule has 0 radical (unpaired) electrons. The fraction of sp³-hybridized carbons (Fsp3) is 0.533. The van der Waals surface area contributed by atoms with Crippen LogP contribution >= 0.6 is 15.2 Å². The molecule has 2 aromatic heterocycles. The lowest BCUT2D eigenvalue weighted by molar-refractivity contribution is 0.130. The Kier molecular flexibility index (Phi) is 6.86. The number of unbranched alkanes of at least 4 members (excludes halogenated alkanes) is 3. The quantitative estimate of drug-likeness (QED) is 0.284. The Balaban J connectivity index is 2.21. The van der Waals surface area contributed by atoms with Gasteiger partial charge in [-0.3, -0.25) is 9.13 Å². The number of hydrogen-bond donors (Lipinski definition) is 5. The van der Waals surface area contributed by atoms with E-state index in [0.717, 1.165) is 25.7 Å². The first kappa shape index (κ1) is 22.0. The number of fused-ring (bicyclic) bond motifs is 1. The van der Waals surface area contributed by atoms with Gasteiger partial charge in [0.2, 0.25) is 0 Å². The fourth-order valence-electron chi connectivity index (χ4n) is 2.57. The molecular weight excluding hydrogens is 398 g/mol. The summed E-state index contributed by atoms with van der Waals surface area (Å²) in [5.74, 6) is 0.552. The van der Waals surface area contributed by atoms with E-state index in [4.69, 9.17) is 4.74 Å². The summed E-state index contributed by atoms with van der Waals surface area (Å²) in [6.45, 7) is 2.66. The summed E-state index contributed by atoms with van der Waals surface area (Å²) >= 11 is 0. The highest BCUT2D eigenvalue weighted by Gasteiger charge is 2.59. The van der Waals surface area contributed by atoms with Crippen LogP contribution in [0, 0.1) is 0 Å². The van der Waals surface area contributed by atoms with Gasteiger partial charge in [0.25, 0.3) is 5.08 Å². The SMILES string of the molecule is CCCCCCOc1ccn2c(CC(O)(P(=O)(O)O)P(=O)(O)O)cnc2c1. The molecule has 27 heavy (non-hydrogen) atoms. The van der Waals surface area contributed by atoms with E-state index in [9.17, 15) is 33.8 Å². The second-order valence-electron chi connectivity index (χ2n) is 6.29. The van der Waals surface area contributed by atoms with Gasteiger partial charge in [0.1, 0.15) is 11.4 Å². The lowest BCUT2D eigenvalue weighted by Gasteiger charge is -2.28. The second kappa shape index (κ2) is 8.41. The zero-order valence-electron chi connectivity index (χ0n) is 14.8. The maximum Gasteiger partial charge on any atom is 0.369 e. The van der Waals surface area contributed by atoms with Gasteiger partial charge in [0.05, 0.1) is 6.61 Å². The topological polar surface area (TPSA) is 162 Å². The van der Waals surface area contributed by atoms with Crippen molar-refractivity contribution < 1.29 is 38.5 Å². The van der Waals surface area contributed by atoms with Gasteiger partial charge in [-0.1, -0.05) is 26.2 Å². The Labute approximate surface area is 156 Å². The molecule has 0 aromatic carbocycles. The van der Waals surface area contributed by atoms with Crippen LogP contribution in [0.1, 0.15) is 38.3 Å². The number of imidazole rings is 1. The highest BCUT2D eigenvalue weighted by molar-refractivity contribution is 7.72. The number of hydrogen-bond acceptors (Lipinski definition) is 5. The first-order valence-electron chi connectivity index (χ1n) is 8.42. The van der Waals surface area contributed by atoms with Crippen molar-refractivity contribution in [3.8, 4) is 5.75 Å².